The number of anilines is 2. The third-order valence-corrected chi connectivity index (χ3v) is 6.59. The molecule has 8 nitrogen and oxygen atoms in total. The van der Waals surface area contributed by atoms with Crippen LogP contribution in [0.1, 0.15) is 10.4 Å². The first-order valence-electron chi connectivity index (χ1n) is 12.2. The zero-order valence-electron chi connectivity index (χ0n) is 20.2. The smallest absolute Gasteiger partial charge is 0.253 e. The van der Waals surface area contributed by atoms with Crippen LogP contribution in [0, 0.1) is 0 Å². The van der Waals surface area contributed by atoms with E-state index in [9.17, 15) is 4.79 Å². The topological polar surface area (TPSA) is 100 Å². The van der Waals surface area contributed by atoms with Crippen LogP contribution >= 0.6 is 0 Å². The van der Waals surface area contributed by atoms with E-state index in [0.29, 0.717) is 43.2 Å². The molecule has 0 atom stereocenters. The van der Waals surface area contributed by atoms with Gasteiger partial charge in [0.1, 0.15) is 23.1 Å². The normalized spacial score (nSPS) is 13.6. The number of benzene rings is 3. The van der Waals surface area contributed by atoms with E-state index in [0.717, 1.165) is 33.8 Å². The minimum Gasteiger partial charge on any atom is -0.457 e. The minimum atomic E-state index is 0.0576. The number of pyridine rings is 1. The molecule has 0 bridgehead atoms. The van der Waals surface area contributed by atoms with Crippen molar-refractivity contribution in [3.63, 3.8) is 0 Å². The van der Waals surface area contributed by atoms with E-state index in [1.54, 1.807) is 0 Å². The molecule has 2 aromatic heterocycles. The van der Waals surface area contributed by atoms with Crippen molar-refractivity contribution >= 4 is 28.6 Å². The predicted molar refractivity (Wildman–Crippen MR) is 145 cm³/mol. The number of carbonyl (C=O) groups is 1. The first kappa shape index (κ1) is 22.6. The van der Waals surface area contributed by atoms with E-state index in [2.05, 4.69) is 21.2 Å². The Balaban J connectivity index is 1.25. The zero-order valence-corrected chi connectivity index (χ0v) is 20.2. The van der Waals surface area contributed by atoms with E-state index in [4.69, 9.17) is 15.5 Å². The van der Waals surface area contributed by atoms with Crippen molar-refractivity contribution in [2.45, 2.75) is 0 Å². The quantitative estimate of drug-likeness (QED) is 0.361. The van der Waals surface area contributed by atoms with Crippen LogP contribution in [0.2, 0.25) is 0 Å². The molecule has 1 amide bonds. The monoisotopic (exact) mass is 490 g/mol. The molecule has 8 heteroatoms. The van der Waals surface area contributed by atoms with Crippen molar-refractivity contribution in [1.29, 1.82) is 0 Å². The maximum atomic E-state index is 12.9. The van der Waals surface area contributed by atoms with Gasteiger partial charge in [-0.25, -0.2) is 4.98 Å². The van der Waals surface area contributed by atoms with E-state index >= 15 is 0 Å². The summed E-state index contributed by atoms with van der Waals surface area (Å²) in [5, 5.41) is 8.00. The third-order valence-electron chi connectivity index (χ3n) is 6.59. The molecule has 1 aliphatic heterocycles. The Bertz CT molecular complexity index is 1530. The van der Waals surface area contributed by atoms with Gasteiger partial charge in [0.05, 0.1) is 5.39 Å². The number of nitrogens with two attached hydrogens (primary N) is 1. The standard InChI is InChI=1S/C29H26N6O2/c30-27-26-24(20-11-13-23(14-12-20)37-22-9-5-2-6-10-22)19-25(31-28(26)33-32-27)34-15-17-35(18-16-34)29(36)21-7-3-1-4-8-21/h1-14,19H,15-18H2,(H3,30,31,32,33). The number of hydrogen-bond acceptors (Lipinski definition) is 6. The molecule has 0 unspecified atom stereocenters. The summed E-state index contributed by atoms with van der Waals surface area (Å²) in [6, 6.07) is 29.1. The van der Waals surface area contributed by atoms with E-state index in [-0.39, 0.29) is 5.91 Å². The van der Waals surface area contributed by atoms with Gasteiger partial charge in [0, 0.05) is 37.3 Å². The Hall–Kier alpha value is -4.85. The molecule has 3 N–H and O–H groups in total. The lowest BCUT2D eigenvalue weighted by molar-refractivity contribution is 0.0746. The molecule has 3 heterocycles. The second kappa shape index (κ2) is 9.66. The van der Waals surface area contributed by atoms with Crippen LogP contribution in [0.3, 0.4) is 0 Å². The van der Waals surface area contributed by atoms with Crippen LogP contribution in [0.4, 0.5) is 11.6 Å². The van der Waals surface area contributed by atoms with Crippen molar-refractivity contribution in [3.05, 3.63) is 96.6 Å². The number of nitrogens with one attached hydrogen (secondary N) is 1. The van der Waals surface area contributed by atoms with Crippen LogP contribution in [0.25, 0.3) is 22.2 Å². The van der Waals surface area contributed by atoms with Crippen molar-refractivity contribution < 1.29 is 9.53 Å². The van der Waals surface area contributed by atoms with Gasteiger partial charge in [-0.15, -0.1) is 0 Å². The fourth-order valence-electron chi connectivity index (χ4n) is 4.65. The highest BCUT2D eigenvalue weighted by Crippen LogP contribution is 2.35. The number of ether oxygens (including phenoxy) is 1. The molecule has 5 aromatic rings. The van der Waals surface area contributed by atoms with Crippen molar-refractivity contribution in [2.24, 2.45) is 0 Å². The summed E-state index contributed by atoms with van der Waals surface area (Å²) < 4.78 is 5.95. The highest BCUT2D eigenvalue weighted by molar-refractivity contribution is 6.01. The number of aromatic amines is 1. The fourth-order valence-corrected chi connectivity index (χ4v) is 4.65. The van der Waals surface area contributed by atoms with E-state index in [1.807, 2.05) is 89.8 Å². The minimum absolute atomic E-state index is 0.0576. The first-order chi connectivity index (χ1) is 18.2. The van der Waals surface area contributed by atoms with Crippen molar-refractivity contribution in [1.82, 2.24) is 20.1 Å². The van der Waals surface area contributed by atoms with E-state index in [1.165, 1.54) is 0 Å². The van der Waals surface area contributed by atoms with Crippen LogP contribution < -0.4 is 15.4 Å². The number of rotatable bonds is 5. The van der Waals surface area contributed by atoms with Crippen molar-refractivity contribution in [3.8, 4) is 22.6 Å². The van der Waals surface area contributed by atoms with Crippen LogP contribution in [0.5, 0.6) is 11.5 Å². The largest absolute Gasteiger partial charge is 0.457 e. The summed E-state index contributed by atoms with van der Waals surface area (Å²) in [5.41, 5.74) is 9.45. The van der Waals surface area contributed by atoms with E-state index < -0.39 is 0 Å². The fraction of sp³-hybridized carbons (Fsp3) is 0.138. The van der Waals surface area contributed by atoms with Crippen LogP contribution in [-0.4, -0.2) is 52.2 Å². The third kappa shape index (κ3) is 4.56. The molecule has 1 saturated heterocycles. The number of piperazine rings is 1. The maximum Gasteiger partial charge on any atom is 0.253 e. The Kier molecular flexibility index (Phi) is 5.90. The zero-order chi connectivity index (χ0) is 25.2. The molecule has 184 valence electrons. The van der Waals surface area contributed by atoms with Gasteiger partial charge in [0.15, 0.2) is 5.65 Å². The Morgan fingerprint density at radius 2 is 1.49 bits per heavy atom. The molecule has 6 rings (SSSR count). The van der Waals surface area contributed by atoms with Gasteiger partial charge in [-0.1, -0.05) is 48.5 Å². The van der Waals surface area contributed by atoms with Gasteiger partial charge in [-0.2, -0.15) is 5.10 Å². The Labute approximate surface area is 214 Å². The predicted octanol–water partition coefficient (Wildman–Crippen LogP) is 4.96. The average Bonchev–Trinajstić information content (AvgIpc) is 3.34. The molecule has 3 aromatic carbocycles. The number of hydrogen-bond donors (Lipinski definition) is 2. The highest BCUT2D eigenvalue weighted by Gasteiger charge is 2.24. The number of nitrogen functional groups attached to an aromatic ring is 1. The highest BCUT2D eigenvalue weighted by atomic mass is 16.5. The molecule has 0 aliphatic carbocycles. The van der Waals surface area contributed by atoms with Crippen molar-refractivity contribution in [2.75, 3.05) is 36.8 Å². The number of H-pyrrole nitrogens is 1. The molecule has 1 aliphatic rings. The molecule has 37 heavy (non-hydrogen) atoms. The molecular formula is C29H26N6O2. The van der Waals surface area contributed by atoms with Gasteiger partial charge >= 0.3 is 0 Å². The lowest BCUT2D eigenvalue weighted by Gasteiger charge is -2.35. The van der Waals surface area contributed by atoms with Crippen LogP contribution in [-0.2, 0) is 0 Å². The number of para-hydroxylation sites is 1. The molecule has 0 radical (unpaired) electrons. The number of carbonyl (C=O) groups excluding carboxylic acids is 1. The SMILES string of the molecule is Nc1[nH]nc2nc(N3CCN(C(=O)c4ccccc4)CC3)cc(-c3ccc(Oc4ccccc4)cc3)c12. The second-order valence-corrected chi connectivity index (χ2v) is 8.95. The summed E-state index contributed by atoms with van der Waals surface area (Å²) in [7, 11) is 0. The molecule has 1 fully saturated rings. The molecule has 0 saturated carbocycles. The summed E-state index contributed by atoms with van der Waals surface area (Å²) in [6.07, 6.45) is 0. The molecular weight excluding hydrogens is 464 g/mol. The summed E-state index contributed by atoms with van der Waals surface area (Å²) >= 11 is 0. The first-order valence-corrected chi connectivity index (χ1v) is 12.2. The lowest BCUT2D eigenvalue weighted by atomic mass is 10.0. The summed E-state index contributed by atoms with van der Waals surface area (Å²) in [4.78, 5) is 21.7. The number of nitrogens with zero attached hydrogens (tertiary/aromatic N) is 4. The number of fused-ring (bicyclic) bond motifs is 1. The van der Waals surface area contributed by atoms with Gasteiger partial charge in [0.2, 0.25) is 0 Å². The maximum absolute atomic E-state index is 12.9. The van der Waals surface area contributed by atoms with Gasteiger partial charge in [-0.05, 0) is 48.0 Å². The second-order valence-electron chi connectivity index (χ2n) is 8.95. The summed E-state index contributed by atoms with van der Waals surface area (Å²) in [6.45, 7) is 2.61. The van der Waals surface area contributed by atoms with Gasteiger partial charge < -0.3 is 20.3 Å². The Morgan fingerprint density at radius 3 is 2.19 bits per heavy atom. The number of amides is 1. The Morgan fingerprint density at radius 1 is 0.838 bits per heavy atom. The van der Waals surface area contributed by atoms with Crippen LogP contribution in [0.15, 0.2) is 91.0 Å². The average molecular weight is 491 g/mol. The van der Waals surface area contributed by atoms with Gasteiger partial charge in [-0.3, -0.25) is 9.89 Å². The number of aromatic nitrogens is 3. The summed E-state index contributed by atoms with van der Waals surface area (Å²) in [5.74, 6) is 2.88. The van der Waals surface area contributed by atoms with Gasteiger partial charge in [0.25, 0.3) is 5.91 Å². The lowest BCUT2D eigenvalue weighted by Crippen LogP contribution is -2.49. The molecule has 0 spiro atoms.